The molecule has 0 saturated carbocycles. The van der Waals surface area contributed by atoms with Gasteiger partial charge >= 0.3 is 0 Å². The minimum Gasteiger partial charge on any atom is -0.493 e. The van der Waals surface area contributed by atoms with Crippen LogP contribution < -0.4 is 24.3 Å². The molecule has 0 bridgehead atoms. The van der Waals surface area contributed by atoms with Crippen LogP contribution in [0.25, 0.3) is 0 Å². The molecule has 2 aromatic carbocycles. The molecular formula is C36H55N3O8. The number of amides is 2. The zero-order chi connectivity index (χ0) is 34.3. The highest BCUT2D eigenvalue weighted by Crippen LogP contribution is 2.31. The maximum atomic E-state index is 13.9. The van der Waals surface area contributed by atoms with Gasteiger partial charge in [0.1, 0.15) is 0 Å². The van der Waals surface area contributed by atoms with Crippen molar-refractivity contribution in [3.05, 3.63) is 47.5 Å². The van der Waals surface area contributed by atoms with E-state index in [1.807, 2.05) is 37.5 Å². The highest BCUT2D eigenvalue weighted by Gasteiger charge is 2.34. The molecule has 47 heavy (non-hydrogen) atoms. The van der Waals surface area contributed by atoms with Crippen molar-refractivity contribution in [2.75, 3.05) is 81.0 Å². The standard InChI is InChI=1S/C36H55N3O8/c1-25(2)38(35(40)27-11-13-31(44-7)33(19-27)46-17-9-15-42-5)23-29-21-37-22-30(29)24-39(26(3)4)36(41)28-12-14-32(45-8)34(20-28)47-18-10-16-43-6/h11-14,19-20,25-26,29-30,37H,9-10,15-18,21-24H2,1-8H3/t29-,30+. The lowest BCUT2D eigenvalue weighted by Crippen LogP contribution is -2.46. The number of nitrogens with zero attached hydrogens (tertiary/aromatic N) is 2. The molecule has 0 aliphatic carbocycles. The van der Waals surface area contributed by atoms with Crippen molar-refractivity contribution in [1.29, 1.82) is 0 Å². The number of hydrogen-bond acceptors (Lipinski definition) is 9. The van der Waals surface area contributed by atoms with Crippen LogP contribution in [0.15, 0.2) is 36.4 Å². The van der Waals surface area contributed by atoms with Crippen LogP contribution in [0.3, 0.4) is 0 Å². The average Bonchev–Trinajstić information content (AvgIpc) is 3.51. The van der Waals surface area contributed by atoms with Crippen LogP contribution in [0.5, 0.6) is 23.0 Å². The zero-order valence-corrected chi connectivity index (χ0v) is 29.5. The fraction of sp³-hybridized carbons (Fsp3) is 0.611. The Labute approximate surface area is 280 Å². The van der Waals surface area contributed by atoms with Crippen LogP contribution in [0.4, 0.5) is 0 Å². The van der Waals surface area contributed by atoms with Crippen LogP contribution in [0.1, 0.15) is 61.3 Å². The molecule has 1 aliphatic rings. The monoisotopic (exact) mass is 657 g/mol. The molecule has 11 heteroatoms. The van der Waals surface area contributed by atoms with E-state index in [0.29, 0.717) is 73.6 Å². The van der Waals surface area contributed by atoms with Crippen LogP contribution in [0.2, 0.25) is 0 Å². The lowest BCUT2D eigenvalue weighted by Gasteiger charge is -2.35. The predicted octanol–water partition coefficient (Wildman–Crippen LogP) is 4.77. The van der Waals surface area contributed by atoms with Crippen molar-refractivity contribution in [1.82, 2.24) is 15.1 Å². The van der Waals surface area contributed by atoms with Crippen LogP contribution in [0, 0.1) is 11.8 Å². The van der Waals surface area contributed by atoms with Gasteiger partial charge < -0.3 is 43.5 Å². The van der Waals surface area contributed by atoms with Crippen molar-refractivity contribution in [2.24, 2.45) is 11.8 Å². The number of ether oxygens (including phenoxy) is 6. The van der Waals surface area contributed by atoms with Gasteiger partial charge in [-0.2, -0.15) is 0 Å². The first-order chi connectivity index (χ1) is 22.6. The summed E-state index contributed by atoms with van der Waals surface area (Å²) in [5.41, 5.74) is 1.09. The van der Waals surface area contributed by atoms with E-state index >= 15 is 0 Å². The van der Waals surface area contributed by atoms with Gasteiger partial charge in [-0.15, -0.1) is 0 Å². The molecule has 2 amide bonds. The summed E-state index contributed by atoms with van der Waals surface area (Å²) in [6.07, 6.45) is 1.45. The SMILES string of the molecule is COCCCOc1cc(C(=O)N(C[C@H]2CNC[C@H]2CN(C(=O)c2ccc(OC)c(OCCCOC)c2)C(C)C)C(C)C)ccc1OC. The number of nitrogens with one attached hydrogen (secondary N) is 1. The van der Waals surface area contributed by atoms with Crippen LogP contribution in [-0.4, -0.2) is 115 Å². The lowest BCUT2D eigenvalue weighted by molar-refractivity contribution is 0.0590. The average molecular weight is 658 g/mol. The van der Waals surface area contributed by atoms with Gasteiger partial charge in [0.15, 0.2) is 23.0 Å². The number of methoxy groups -OCH3 is 4. The number of benzene rings is 2. The second-order valence-corrected chi connectivity index (χ2v) is 12.4. The molecule has 1 heterocycles. The predicted molar refractivity (Wildman–Crippen MR) is 182 cm³/mol. The van der Waals surface area contributed by atoms with E-state index in [1.54, 1.807) is 64.8 Å². The quantitative estimate of drug-likeness (QED) is 0.202. The largest absolute Gasteiger partial charge is 0.493 e. The summed E-state index contributed by atoms with van der Waals surface area (Å²) < 4.78 is 33.1. The van der Waals surface area contributed by atoms with Gasteiger partial charge in [-0.1, -0.05) is 0 Å². The summed E-state index contributed by atoms with van der Waals surface area (Å²) in [5, 5.41) is 3.51. The molecule has 0 radical (unpaired) electrons. The van der Waals surface area contributed by atoms with E-state index in [0.717, 1.165) is 25.9 Å². The zero-order valence-electron chi connectivity index (χ0n) is 29.5. The Morgan fingerprint density at radius 1 is 0.660 bits per heavy atom. The first-order valence-electron chi connectivity index (χ1n) is 16.6. The van der Waals surface area contributed by atoms with Gasteiger partial charge in [0, 0.05) is 89.7 Å². The molecular weight excluding hydrogens is 602 g/mol. The third-order valence-corrected chi connectivity index (χ3v) is 8.43. The van der Waals surface area contributed by atoms with Crippen molar-refractivity contribution in [3.8, 4) is 23.0 Å². The van der Waals surface area contributed by atoms with Gasteiger partial charge in [0.2, 0.25) is 0 Å². The van der Waals surface area contributed by atoms with Crippen molar-refractivity contribution < 1.29 is 38.0 Å². The first-order valence-corrected chi connectivity index (χ1v) is 16.6. The Bertz CT molecular complexity index is 1180. The van der Waals surface area contributed by atoms with E-state index in [-0.39, 0.29) is 35.7 Å². The molecule has 2 atom stereocenters. The van der Waals surface area contributed by atoms with Crippen molar-refractivity contribution >= 4 is 11.8 Å². The Hall–Kier alpha value is -3.54. The lowest BCUT2D eigenvalue weighted by atomic mass is 9.93. The number of carbonyl (C=O) groups is 2. The Balaban J connectivity index is 1.75. The molecule has 1 saturated heterocycles. The molecule has 11 nitrogen and oxygen atoms in total. The Morgan fingerprint density at radius 3 is 1.40 bits per heavy atom. The summed E-state index contributed by atoms with van der Waals surface area (Å²) in [5.74, 6) is 2.41. The molecule has 1 N–H and O–H groups in total. The second kappa shape index (κ2) is 19.3. The van der Waals surface area contributed by atoms with Gasteiger partial charge in [-0.25, -0.2) is 0 Å². The van der Waals surface area contributed by atoms with E-state index in [1.165, 1.54) is 0 Å². The summed E-state index contributed by atoms with van der Waals surface area (Å²) in [7, 11) is 6.48. The molecule has 0 aromatic heterocycles. The van der Waals surface area contributed by atoms with Crippen molar-refractivity contribution in [3.63, 3.8) is 0 Å². The fourth-order valence-corrected chi connectivity index (χ4v) is 5.72. The molecule has 262 valence electrons. The number of rotatable bonds is 20. The third-order valence-electron chi connectivity index (χ3n) is 8.43. The summed E-state index contributed by atoms with van der Waals surface area (Å²) in [6.45, 7) is 12.9. The van der Waals surface area contributed by atoms with Gasteiger partial charge in [-0.3, -0.25) is 9.59 Å². The first kappa shape index (κ1) is 37.9. The Morgan fingerprint density at radius 2 is 1.06 bits per heavy atom. The minimum atomic E-state index is -0.0666. The van der Waals surface area contributed by atoms with Gasteiger partial charge in [-0.05, 0) is 75.9 Å². The summed E-state index contributed by atoms with van der Waals surface area (Å²) in [4.78, 5) is 31.7. The summed E-state index contributed by atoms with van der Waals surface area (Å²) >= 11 is 0. The van der Waals surface area contributed by atoms with E-state index in [9.17, 15) is 9.59 Å². The molecule has 1 fully saturated rings. The minimum absolute atomic E-state index is 0.0265. The van der Waals surface area contributed by atoms with Gasteiger partial charge in [0.05, 0.1) is 27.4 Å². The molecule has 3 rings (SSSR count). The normalized spacial score (nSPS) is 16.0. The molecule has 0 unspecified atom stereocenters. The Kier molecular flexibility index (Phi) is 15.6. The molecule has 0 spiro atoms. The van der Waals surface area contributed by atoms with Crippen LogP contribution >= 0.6 is 0 Å². The maximum absolute atomic E-state index is 13.9. The second-order valence-electron chi connectivity index (χ2n) is 12.4. The third kappa shape index (κ3) is 10.7. The van der Waals surface area contributed by atoms with Crippen molar-refractivity contribution in [2.45, 2.75) is 52.6 Å². The smallest absolute Gasteiger partial charge is 0.254 e. The molecule has 2 aromatic rings. The highest BCUT2D eigenvalue weighted by atomic mass is 16.5. The van der Waals surface area contributed by atoms with E-state index in [2.05, 4.69) is 5.32 Å². The fourth-order valence-electron chi connectivity index (χ4n) is 5.72. The maximum Gasteiger partial charge on any atom is 0.254 e. The van der Waals surface area contributed by atoms with E-state index in [4.69, 9.17) is 28.4 Å². The van der Waals surface area contributed by atoms with Crippen LogP contribution in [-0.2, 0) is 9.47 Å². The number of hydrogen-bond donors (Lipinski definition) is 1. The molecule has 1 aliphatic heterocycles. The van der Waals surface area contributed by atoms with Gasteiger partial charge in [0.25, 0.3) is 11.8 Å². The number of carbonyl (C=O) groups excluding carboxylic acids is 2. The highest BCUT2D eigenvalue weighted by molar-refractivity contribution is 5.95. The topological polar surface area (TPSA) is 108 Å². The summed E-state index contributed by atoms with van der Waals surface area (Å²) in [6, 6.07) is 10.6. The van der Waals surface area contributed by atoms with E-state index < -0.39 is 0 Å².